The first-order valence-corrected chi connectivity index (χ1v) is 8.47. The lowest BCUT2D eigenvalue weighted by Gasteiger charge is -2.23. The Hall–Kier alpha value is -2.56. The van der Waals surface area contributed by atoms with Gasteiger partial charge in [-0.05, 0) is 62.7 Å². The molecule has 5 heteroatoms. The third-order valence-electron chi connectivity index (χ3n) is 4.04. The molecule has 1 N–H and O–H groups in total. The molecule has 0 radical (unpaired) electrons. The zero-order valence-corrected chi connectivity index (χ0v) is 14.7. The van der Waals surface area contributed by atoms with Crippen molar-refractivity contribution in [3.63, 3.8) is 0 Å². The van der Waals surface area contributed by atoms with Crippen LogP contribution in [0.15, 0.2) is 48.8 Å². The van der Waals surface area contributed by atoms with Gasteiger partial charge in [-0.1, -0.05) is 0 Å². The van der Waals surface area contributed by atoms with Crippen LogP contribution in [-0.4, -0.2) is 35.5 Å². The molecule has 1 aromatic carbocycles. The number of pyridine rings is 1. The number of urea groups is 1. The van der Waals surface area contributed by atoms with Crippen LogP contribution >= 0.6 is 0 Å². The maximum Gasteiger partial charge on any atom is 0.322 e. The van der Waals surface area contributed by atoms with Gasteiger partial charge in [0.25, 0.3) is 0 Å². The molecule has 0 aliphatic heterocycles. The molecule has 128 valence electrons. The molecule has 0 fully saturated rings. The van der Waals surface area contributed by atoms with E-state index >= 15 is 0 Å². The first-order valence-electron chi connectivity index (χ1n) is 8.47. The van der Waals surface area contributed by atoms with Crippen LogP contribution in [0.2, 0.25) is 0 Å². The SMILES string of the molecule is CCN(Cc1ccncc1)C(=O)Nc1ccc(N(CC)CC)cc1. The molecule has 2 rings (SSSR count). The highest BCUT2D eigenvalue weighted by atomic mass is 16.2. The molecule has 0 saturated carbocycles. The molecule has 0 spiro atoms. The third-order valence-corrected chi connectivity index (χ3v) is 4.04. The second-order valence-corrected chi connectivity index (χ2v) is 5.52. The highest BCUT2D eigenvalue weighted by Gasteiger charge is 2.12. The predicted octanol–water partition coefficient (Wildman–Crippen LogP) is 3.98. The summed E-state index contributed by atoms with van der Waals surface area (Å²) in [6.07, 6.45) is 3.49. The minimum absolute atomic E-state index is 0.0927. The average Bonchev–Trinajstić information content (AvgIpc) is 2.63. The van der Waals surface area contributed by atoms with Crippen molar-refractivity contribution in [3.05, 3.63) is 54.4 Å². The second-order valence-electron chi connectivity index (χ2n) is 5.52. The maximum absolute atomic E-state index is 12.5. The number of aromatic nitrogens is 1. The molecular formula is C19H26N4O. The first kappa shape index (κ1) is 17.8. The molecule has 0 unspecified atom stereocenters. The molecule has 2 aromatic rings. The Balaban J connectivity index is 1.99. The highest BCUT2D eigenvalue weighted by Crippen LogP contribution is 2.18. The minimum atomic E-state index is -0.0927. The Bertz CT molecular complexity index is 624. The topological polar surface area (TPSA) is 48.5 Å². The largest absolute Gasteiger partial charge is 0.372 e. The predicted molar refractivity (Wildman–Crippen MR) is 99.3 cm³/mol. The smallest absolute Gasteiger partial charge is 0.322 e. The number of anilines is 2. The van der Waals surface area contributed by atoms with Crippen molar-refractivity contribution in [1.29, 1.82) is 0 Å². The number of benzene rings is 1. The van der Waals surface area contributed by atoms with Crippen LogP contribution in [-0.2, 0) is 6.54 Å². The zero-order valence-electron chi connectivity index (χ0n) is 14.7. The van der Waals surface area contributed by atoms with Gasteiger partial charge in [0.2, 0.25) is 0 Å². The number of rotatable bonds is 7. The van der Waals surface area contributed by atoms with Crippen molar-refractivity contribution >= 4 is 17.4 Å². The summed E-state index contributed by atoms with van der Waals surface area (Å²) in [5, 5.41) is 2.97. The molecule has 2 amide bonds. The van der Waals surface area contributed by atoms with Crippen LogP contribution in [0.3, 0.4) is 0 Å². The molecular weight excluding hydrogens is 300 g/mol. The quantitative estimate of drug-likeness (QED) is 0.837. The summed E-state index contributed by atoms with van der Waals surface area (Å²) in [5.74, 6) is 0. The van der Waals surface area contributed by atoms with Gasteiger partial charge in [0, 0.05) is 49.9 Å². The van der Waals surface area contributed by atoms with Crippen LogP contribution in [0.25, 0.3) is 0 Å². The molecule has 5 nitrogen and oxygen atoms in total. The van der Waals surface area contributed by atoms with Gasteiger partial charge in [-0.25, -0.2) is 4.79 Å². The highest BCUT2D eigenvalue weighted by molar-refractivity contribution is 5.89. The van der Waals surface area contributed by atoms with Crippen molar-refractivity contribution in [3.8, 4) is 0 Å². The van der Waals surface area contributed by atoms with E-state index in [9.17, 15) is 4.79 Å². The molecule has 1 heterocycles. The fourth-order valence-corrected chi connectivity index (χ4v) is 2.58. The van der Waals surface area contributed by atoms with Crippen LogP contribution < -0.4 is 10.2 Å². The van der Waals surface area contributed by atoms with E-state index in [1.165, 1.54) is 5.69 Å². The summed E-state index contributed by atoms with van der Waals surface area (Å²) in [6.45, 7) is 9.41. The van der Waals surface area contributed by atoms with Gasteiger partial charge in [0.15, 0.2) is 0 Å². The molecule has 0 aliphatic rings. The van der Waals surface area contributed by atoms with Gasteiger partial charge >= 0.3 is 6.03 Å². The average molecular weight is 326 g/mol. The summed E-state index contributed by atoms with van der Waals surface area (Å²) < 4.78 is 0. The molecule has 24 heavy (non-hydrogen) atoms. The molecule has 0 atom stereocenters. The summed E-state index contributed by atoms with van der Waals surface area (Å²) in [4.78, 5) is 20.5. The van der Waals surface area contributed by atoms with Gasteiger partial charge in [-0.3, -0.25) is 4.98 Å². The lowest BCUT2D eigenvalue weighted by Crippen LogP contribution is -2.34. The van der Waals surface area contributed by atoms with Gasteiger partial charge in [-0.2, -0.15) is 0 Å². The Morgan fingerprint density at radius 1 is 0.958 bits per heavy atom. The number of amides is 2. The molecule has 0 aliphatic carbocycles. The van der Waals surface area contributed by atoms with E-state index in [4.69, 9.17) is 0 Å². The molecule has 1 aromatic heterocycles. The monoisotopic (exact) mass is 326 g/mol. The maximum atomic E-state index is 12.5. The van der Waals surface area contributed by atoms with Crippen LogP contribution in [0, 0.1) is 0 Å². The number of nitrogens with one attached hydrogen (secondary N) is 1. The second kappa shape index (κ2) is 8.91. The zero-order chi connectivity index (χ0) is 17.4. The van der Waals surface area contributed by atoms with Gasteiger partial charge < -0.3 is 15.1 Å². The van der Waals surface area contributed by atoms with Crippen molar-refractivity contribution in [2.45, 2.75) is 27.3 Å². The van der Waals surface area contributed by atoms with Crippen molar-refractivity contribution < 1.29 is 4.79 Å². The van der Waals surface area contributed by atoms with E-state index in [1.807, 2.05) is 43.3 Å². The lowest BCUT2D eigenvalue weighted by atomic mass is 10.2. The Labute approximate surface area is 144 Å². The minimum Gasteiger partial charge on any atom is -0.372 e. The van der Waals surface area contributed by atoms with E-state index in [0.29, 0.717) is 13.1 Å². The van der Waals surface area contributed by atoms with Crippen molar-refractivity contribution in [2.24, 2.45) is 0 Å². The number of hydrogen-bond donors (Lipinski definition) is 1. The van der Waals surface area contributed by atoms with E-state index in [1.54, 1.807) is 17.3 Å². The molecule has 0 bridgehead atoms. The summed E-state index contributed by atoms with van der Waals surface area (Å²) in [6, 6.07) is 11.7. The summed E-state index contributed by atoms with van der Waals surface area (Å²) in [5.41, 5.74) is 3.05. The standard InChI is InChI=1S/C19H26N4O/c1-4-22(5-2)18-9-7-17(8-10-18)21-19(24)23(6-3)15-16-11-13-20-14-12-16/h7-14H,4-6,15H2,1-3H3,(H,21,24). The molecule has 0 saturated heterocycles. The van der Waals surface area contributed by atoms with Crippen LogP contribution in [0.4, 0.5) is 16.2 Å². The Morgan fingerprint density at radius 2 is 1.58 bits per heavy atom. The van der Waals surface area contributed by atoms with Crippen molar-refractivity contribution in [2.75, 3.05) is 29.9 Å². The van der Waals surface area contributed by atoms with Gasteiger partial charge in [-0.15, -0.1) is 0 Å². The van der Waals surface area contributed by atoms with Gasteiger partial charge in [0.1, 0.15) is 0 Å². The van der Waals surface area contributed by atoms with Gasteiger partial charge in [0.05, 0.1) is 0 Å². The van der Waals surface area contributed by atoms with E-state index in [-0.39, 0.29) is 6.03 Å². The fraction of sp³-hybridized carbons (Fsp3) is 0.368. The first-order chi connectivity index (χ1) is 11.7. The number of nitrogens with zero attached hydrogens (tertiary/aromatic N) is 3. The van der Waals surface area contributed by atoms with Crippen molar-refractivity contribution in [1.82, 2.24) is 9.88 Å². The Morgan fingerprint density at radius 3 is 2.12 bits per heavy atom. The fourth-order valence-electron chi connectivity index (χ4n) is 2.58. The number of carbonyl (C=O) groups excluding carboxylic acids is 1. The summed E-state index contributed by atoms with van der Waals surface area (Å²) >= 11 is 0. The summed E-state index contributed by atoms with van der Waals surface area (Å²) in [7, 11) is 0. The number of carbonyl (C=O) groups is 1. The van der Waals surface area contributed by atoms with Crippen LogP contribution in [0.5, 0.6) is 0 Å². The van der Waals surface area contributed by atoms with E-state index in [0.717, 1.165) is 24.3 Å². The Kier molecular flexibility index (Phi) is 6.61. The normalized spacial score (nSPS) is 10.3. The van der Waals surface area contributed by atoms with E-state index in [2.05, 4.69) is 29.0 Å². The number of hydrogen-bond acceptors (Lipinski definition) is 3. The lowest BCUT2D eigenvalue weighted by molar-refractivity contribution is 0.212. The van der Waals surface area contributed by atoms with Crippen LogP contribution in [0.1, 0.15) is 26.3 Å². The third kappa shape index (κ3) is 4.72. The van der Waals surface area contributed by atoms with E-state index < -0.39 is 0 Å².